The number of rotatable bonds is 5. The highest BCUT2D eigenvalue weighted by atomic mass is 15.2. The second-order valence-corrected chi connectivity index (χ2v) is 7.08. The predicted molar refractivity (Wildman–Crippen MR) is 78.9 cm³/mol. The molecule has 0 aromatic carbocycles. The molecular formula is C16H32N2. The lowest BCUT2D eigenvalue weighted by atomic mass is 9.86. The van der Waals surface area contributed by atoms with Gasteiger partial charge in [-0.3, -0.25) is 0 Å². The van der Waals surface area contributed by atoms with Crippen molar-refractivity contribution in [1.29, 1.82) is 0 Å². The largest absolute Gasteiger partial charge is 0.314 e. The molecule has 1 saturated carbocycles. The van der Waals surface area contributed by atoms with E-state index in [0.717, 1.165) is 12.0 Å². The van der Waals surface area contributed by atoms with Crippen molar-refractivity contribution in [3.8, 4) is 0 Å². The molecule has 2 fully saturated rings. The van der Waals surface area contributed by atoms with Crippen LogP contribution in [0.5, 0.6) is 0 Å². The van der Waals surface area contributed by atoms with Gasteiger partial charge in [0, 0.05) is 19.1 Å². The van der Waals surface area contributed by atoms with Crippen LogP contribution >= 0.6 is 0 Å². The number of hydrogen-bond donors (Lipinski definition) is 1. The minimum atomic E-state index is 0.628. The van der Waals surface area contributed by atoms with Crippen LogP contribution in [-0.4, -0.2) is 37.1 Å². The average Bonchev–Trinajstić information content (AvgIpc) is 2.75. The Labute approximate surface area is 114 Å². The lowest BCUT2D eigenvalue weighted by Crippen LogP contribution is -2.50. The molecule has 1 aliphatic carbocycles. The number of nitrogens with zero attached hydrogens (tertiary/aromatic N) is 1. The molecule has 0 spiro atoms. The number of hydrogen-bond acceptors (Lipinski definition) is 2. The van der Waals surface area contributed by atoms with Crippen molar-refractivity contribution in [2.75, 3.05) is 26.2 Å². The van der Waals surface area contributed by atoms with Gasteiger partial charge in [0.2, 0.25) is 0 Å². The Morgan fingerprint density at radius 1 is 1.28 bits per heavy atom. The molecule has 0 amide bonds. The molecule has 2 heteroatoms. The van der Waals surface area contributed by atoms with Gasteiger partial charge in [0.25, 0.3) is 0 Å². The molecule has 2 aliphatic rings. The van der Waals surface area contributed by atoms with Crippen LogP contribution in [0.1, 0.15) is 59.3 Å². The molecule has 2 atom stereocenters. The molecule has 0 aromatic rings. The van der Waals surface area contributed by atoms with Gasteiger partial charge in [-0.1, -0.05) is 33.6 Å². The lowest BCUT2D eigenvalue weighted by molar-refractivity contribution is 0.0989. The third kappa shape index (κ3) is 3.71. The Kier molecular flexibility index (Phi) is 5.08. The fourth-order valence-electron chi connectivity index (χ4n) is 3.94. The van der Waals surface area contributed by atoms with Gasteiger partial charge >= 0.3 is 0 Å². The first-order valence-corrected chi connectivity index (χ1v) is 8.09. The first-order valence-electron chi connectivity index (χ1n) is 8.09. The summed E-state index contributed by atoms with van der Waals surface area (Å²) in [6.45, 7) is 12.3. The zero-order chi connectivity index (χ0) is 13.0. The molecule has 0 radical (unpaired) electrons. The SMILES string of the molecule is CCCNC1CCN(CC2(C)CCCC2)CC1C. The third-order valence-corrected chi connectivity index (χ3v) is 5.06. The summed E-state index contributed by atoms with van der Waals surface area (Å²) in [6.07, 6.45) is 8.42. The standard InChI is InChI=1S/C16H32N2/c1-4-10-17-15-7-11-18(12-14(15)2)13-16(3)8-5-6-9-16/h14-15,17H,4-13H2,1-3H3. The van der Waals surface area contributed by atoms with Gasteiger partial charge in [0.1, 0.15) is 0 Å². The van der Waals surface area contributed by atoms with Gasteiger partial charge in [-0.15, -0.1) is 0 Å². The average molecular weight is 252 g/mol. The molecule has 106 valence electrons. The molecule has 1 N–H and O–H groups in total. The predicted octanol–water partition coefficient (Wildman–Crippen LogP) is 3.28. The molecule has 2 nitrogen and oxygen atoms in total. The fraction of sp³-hybridized carbons (Fsp3) is 1.00. The molecular weight excluding hydrogens is 220 g/mol. The van der Waals surface area contributed by atoms with Crippen LogP contribution in [0.2, 0.25) is 0 Å². The Hall–Kier alpha value is -0.0800. The van der Waals surface area contributed by atoms with Crippen LogP contribution in [-0.2, 0) is 0 Å². The van der Waals surface area contributed by atoms with Crippen LogP contribution in [0.25, 0.3) is 0 Å². The molecule has 0 aromatic heterocycles. The van der Waals surface area contributed by atoms with Crippen LogP contribution < -0.4 is 5.32 Å². The highest BCUT2D eigenvalue weighted by molar-refractivity contribution is 4.88. The molecule has 18 heavy (non-hydrogen) atoms. The Bertz CT molecular complexity index is 245. The van der Waals surface area contributed by atoms with Gasteiger partial charge in [0.05, 0.1) is 0 Å². The summed E-state index contributed by atoms with van der Waals surface area (Å²) >= 11 is 0. The second-order valence-electron chi connectivity index (χ2n) is 7.08. The second kappa shape index (κ2) is 6.38. The van der Waals surface area contributed by atoms with Gasteiger partial charge in [0.15, 0.2) is 0 Å². The van der Waals surface area contributed by atoms with E-state index in [1.54, 1.807) is 0 Å². The number of piperidine rings is 1. The molecule has 0 bridgehead atoms. The van der Waals surface area contributed by atoms with Gasteiger partial charge < -0.3 is 10.2 Å². The summed E-state index contributed by atoms with van der Waals surface area (Å²) < 4.78 is 0. The van der Waals surface area contributed by atoms with Crippen molar-refractivity contribution in [3.63, 3.8) is 0 Å². The Balaban J connectivity index is 1.77. The summed E-state index contributed by atoms with van der Waals surface area (Å²) in [4.78, 5) is 2.74. The van der Waals surface area contributed by atoms with Crippen molar-refractivity contribution in [2.24, 2.45) is 11.3 Å². The Morgan fingerprint density at radius 3 is 2.61 bits per heavy atom. The maximum absolute atomic E-state index is 3.72. The lowest BCUT2D eigenvalue weighted by Gasteiger charge is -2.41. The van der Waals surface area contributed by atoms with E-state index in [1.807, 2.05) is 0 Å². The first kappa shape index (κ1) is 14.3. The summed E-state index contributed by atoms with van der Waals surface area (Å²) in [5, 5.41) is 3.72. The van der Waals surface area contributed by atoms with Crippen molar-refractivity contribution < 1.29 is 0 Å². The van der Waals surface area contributed by atoms with Crippen molar-refractivity contribution >= 4 is 0 Å². The molecule has 1 heterocycles. The molecule has 1 saturated heterocycles. The first-order chi connectivity index (χ1) is 8.63. The summed E-state index contributed by atoms with van der Waals surface area (Å²) in [7, 11) is 0. The quantitative estimate of drug-likeness (QED) is 0.808. The van der Waals surface area contributed by atoms with Crippen molar-refractivity contribution in [2.45, 2.75) is 65.3 Å². The monoisotopic (exact) mass is 252 g/mol. The van der Waals surface area contributed by atoms with Crippen LogP contribution in [0, 0.1) is 11.3 Å². The summed E-state index contributed by atoms with van der Waals surface area (Å²) in [5.74, 6) is 0.815. The molecule has 2 unspecified atom stereocenters. The highest BCUT2D eigenvalue weighted by Gasteiger charge is 2.33. The topological polar surface area (TPSA) is 15.3 Å². The van der Waals surface area contributed by atoms with E-state index in [2.05, 4.69) is 31.0 Å². The third-order valence-electron chi connectivity index (χ3n) is 5.06. The van der Waals surface area contributed by atoms with E-state index in [-0.39, 0.29) is 0 Å². The molecule has 2 rings (SSSR count). The van der Waals surface area contributed by atoms with E-state index in [0.29, 0.717) is 5.41 Å². The van der Waals surface area contributed by atoms with E-state index < -0.39 is 0 Å². The minimum absolute atomic E-state index is 0.628. The minimum Gasteiger partial charge on any atom is -0.314 e. The fourth-order valence-corrected chi connectivity index (χ4v) is 3.94. The zero-order valence-corrected chi connectivity index (χ0v) is 12.7. The normalized spacial score (nSPS) is 32.8. The maximum atomic E-state index is 3.72. The highest BCUT2D eigenvalue weighted by Crippen LogP contribution is 2.38. The van der Waals surface area contributed by atoms with Gasteiger partial charge in [-0.05, 0) is 50.1 Å². The summed E-state index contributed by atoms with van der Waals surface area (Å²) in [6, 6.07) is 0.762. The van der Waals surface area contributed by atoms with Crippen molar-refractivity contribution in [1.82, 2.24) is 10.2 Å². The molecule has 1 aliphatic heterocycles. The smallest absolute Gasteiger partial charge is 0.0117 e. The maximum Gasteiger partial charge on any atom is 0.0117 e. The van der Waals surface area contributed by atoms with Gasteiger partial charge in [-0.2, -0.15) is 0 Å². The van der Waals surface area contributed by atoms with E-state index >= 15 is 0 Å². The van der Waals surface area contributed by atoms with E-state index in [1.165, 1.54) is 64.7 Å². The van der Waals surface area contributed by atoms with E-state index in [4.69, 9.17) is 0 Å². The van der Waals surface area contributed by atoms with Crippen molar-refractivity contribution in [3.05, 3.63) is 0 Å². The zero-order valence-electron chi connectivity index (χ0n) is 12.7. The Morgan fingerprint density at radius 2 is 2.00 bits per heavy atom. The van der Waals surface area contributed by atoms with Gasteiger partial charge in [-0.25, -0.2) is 0 Å². The summed E-state index contributed by atoms with van der Waals surface area (Å²) in [5.41, 5.74) is 0.628. The number of likely N-dealkylation sites (tertiary alicyclic amines) is 1. The number of nitrogens with one attached hydrogen (secondary N) is 1. The van der Waals surface area contributed by atoms with Crippen LogP contribution in [0.15, 0.2) is 0 Å². The van der Waals surface area contributed by atoms with E-state index in [9.17, 15) is 0 Å². The van der Waals surface area contributed by atoms with Crippen LogP contribution in [0.4, 0.5) is 0 Å². The van der Waals surface area contributed by atoms with Crippen LogP contribution in [0.3, 0.4) is 0 Å².